The second-order valence-corrected chi connectivity index (χ2v) is 7.75. The summed E-state index contributed by atoms with van der Waals surface area (Å²) in [7, 11) is -2.49. The Balaban J connectivity index is 1.84. The fourth-order valence-corrected chi connectivity index (χ4v) is 3.31. The molecule has 2 aromatic carbocycles. The Kier molecular flexibility index (Phi) is 5.26. The van der Waals surface area contributed by atoms with Crippen LogP contribution in [0.5, 0.6) is 0 Å². The lowest BCUT2D eigenvalue weighted by Crippen LogP contribution is -2.19. The number of sulfonamides is 1. The fraction of sp³-hybridized carbons (Fsp3) is 0.118. The van der Waals surface area contributed by atoms with Gasteiger partial charge in [0.05, 0.1) is 26.4 Å². The zero-order valence-electron chi connectivity index (χ0n) is 14.0. The van der Waals surface area contributed by atoms with Gasteiger partial charge in [0.15, 0.2) is 0 Å². The number of hydrogen-bond donors (Lipinski definition) is 2. The Bertz CT molecular complexity index is 1190. The van der Waals surface area contributed by atoms with Crippen molar-refractivity contribution >= 4 is 38.5 Å². The average molecular weight is 408 g/mol. The third-order valence-corrected chi connectivity index (χ3v) is 5.48. The van der Waals surface area contributed by atoms with Crippen molar-refractivity contribution in [2.75, 3.05) is 7.05 Å². The van der Waals surface area contributed by atoms with Crippen molar-refractivity contribution in [3.63, 3.8) is 0 Å². The summed E-state index contributed by atoms with van der Waals surface area (Å²) >= 11 is 5.98. The molecule has 0 radical (unpaired) electrons. The number of H-pyrrole nitrogens is 1. The van der Waals surface area contributed by atoms with E-state index in [0.29, 0.717) is 10.9 Å². The Morgan fingerprint density at radius 1 is 1.26 bits per heavy atom. The Morgan fingerprint density at radius 2 is 2.00 bits per heavy atom. The normalized spacial score (nSPS) is 11.5. The quantitative estimate of drug-likeness (QED) is 0.623. The van der Waals surface area contributed by atoms with Gasteiger partial charge in [-0.1, -0.05) is 23.7 Å². The molecular weight excluding hydrogens is 394 g/mol. The molecule has 0 bridgehead atoms. The highest BCUT2D eigenvalue weighted by atomic mass is 35.5. The second-order valence-electron chi connectivity index (χ2n) is 5.46. The number of aromatic amines is 1. The highest BCUT2D eigenvalue weighted by Crippen LogP contribution is 2.21. The van der Waals surface area contributed by atoms with Gasteiger partial charge in [0.2, 0.25) is 10.0 Å². The minimum absolute atomic E-state index is 0.0371. The van der Waals surface area contributed by atoms with Crippen LogP contribution in [-0.2, 0) is 21.4 Å². The number of benzene rings is 2. The molecule has 0 unspecified atom stereocenters. The first kappa shape index (κ1) is 19.0. The van der Waals surface area contributed by atoms with Crippen LogP contribution in [0.25, 0.3) is 10.9 Å². The molecule has 10 heteroatoms. The summed E-state index contributed by atoms with van der Waals surface area (Å²) in [4.78, 5) is 31.0. The van der Waals surface area contributed by atoms with E-state index in [1.165, 1.54) is 19.2 Å². The van der Waals surface area contributed by atoms with Crippen LogP contribution in [0.2, 0.25) is 5.02 Å². The van der Waals surface area contributed by atoms with Crippen molar-refractivity contribution in [3.8, 4) is 0 Å². The molecule has 0 aliphatic rings. The van der Waals surface area contributed by atoms with Crippen molar-refractivity contribution in [2.45, 2.75) is 11.5 Å². The molecule has 3 rings (SSSR count). The van der Waals surface area contributed by atoms with Crippen LogP contribution >= 0.6 is 11.6 Å². The summed E-state index contributed by atoms with van der Waals surface area (Å²) in [6, 6.07) is 10.4. The van der Waals surface area contributed by atoms with Crippen LogP contribution < -0.4 is 10.3 Å². The number of rotatable bonds is 5. The van der Waals surface area contributed by atoms with Crippen LogP contribution in [0.4, 0.5) is 0 Å². The summed E-state index contributed by atoms with van der Waals surface area (Å²) in [5.74, 6) is -0.689. The third-order valence-electron chi connectivity index (χ3n) is 3.74. The average Bonchev–Trinajstić information content (AvgIpc) is 2.66. The maximum atomic E-state index is 12.3. The minimum Gasteiger partial charge on any atom is -0.454 e. The first-order chi connectivity index (χ1) is 12.8. The number of carbonyl (C=O) groups is 1. The number of fused-ring (bicyclic) bond motifs is 1. The standard InChI is InChI=1S/C17H14ClN3O5S/c1-19-27(24,25)10-6-7-13(18)12(8-10)17(23)26-9-15-20-14-5-3-2-4-11(14)16(22)21-15/h2-8,19H,9H2,1H3,(H,20,21,22). The lowest BCUT2D eigenvalue weighted by atomic mass is 10.2. The highest BCUT2D eigenvalue weighted by molar-refractivity contribution is 7.89. The molecule has 8 nitrogen and oxygen atoms in total. The van der Waals surface area contributed by atoms with E-state index in [1.54, 1.807) is 24.3 Å². The number of aromatic nitrogens is 2. The summed E-state index contributed by atoms with van der Waals surface area (Å²) in [5, 5.41) is 0.454. The molecule has 1 heterocycles. The van der Waals surface area contributed by atoms with Crippen LogP contribution in [0.1, 0.15) is 16.2 Å². The zero-order valence-corrected chi connectivity index (χ0v) is 15.6. The smallest absolute Gasteiger partial charge is 0.340 e. The number of nitrogens with one attached hydrogen (secondary N) is 2. The molecule has 0 aliphatic heterocycles. The van der Waals surface area contributed by atoms with E-state index in [9.17, 15) is 18.0 Å². The molecule has 27 heavy (non-hydrogen) atoms. The van der Waals surface area contributed by atoms with E-state index in [2.05, 4.69) is 14.7 Å². The Labute approximate surface area is 159 Å². The maximum absolute atomic E-state index is 12.3. The van der Waals surface area contributed by atoms with Gasteiger partial charge < -0.3 is 9.72 Å². The van der Waals surface area contributed by atoms with Crippen LogP contribution in [0.3, 0.4) is 0 Å². The van der Waals surface area contributed by atoms with E-state index in [-0.39, 0.29) is 33.5 Å². The largest absolute Gasteiger partial charge is 0.454 e. The topological polar surface area (TPSA) is 118 Å². The molecule has 0 aliphatic carbocycles. The van der Waals surface area contributed by atoms with E-state index < -0.39 is 16.0 Å². The number of ether oxygens (including phenoxy) is 1. The monoisotopic (exact) mass is 407 g/mol. The van der Waals surface area contributed by atoms with Gasteiger partial charge in [0, 0.05) is 0 Å². The van der Waals surface area contributed by atoms with Gasteiger partial charge in [-0.15, -0.1) is 0 Å². The van der Waals surface area contributed by atoms with Gasteiger partial charge >= 0.3 is 5.97 Å². The summed E-state index contributed by atoms with van der Waals surface area (Å²) in [6.45, 7) is -0.307. The van der Waals surface area contributed by atoms with Crippen molar-refractivity contribution in [1.82, 2.24) is 14.7 Å². The maximum Gasteiger partial charge on any atom is 0.340 e. The predicted octanol–water partition coefficient (Wildman–Crippen LogP) is 1.84. The number of carbonyl (C=O) groups excluding carboxylic acids is 1. The first-order valence-corrected chi connectivity index (χ1v) is 9.56. The van der Waals surface area contributed by atoms with Gasteiger partial charge in [0.1, 0.15) is 12.4 Å². The molecule has 0 fully saturated rings. The number of hydrogen-bond acceptors (Lipinski definition) is 6. The molecule has 1 aromatic heterocycles. The van der Waals surface area contributed by atoms with E-state index >= 15 is 0 Å². The Morgan fingerprint density at radius 3 is 2.74 bits per heavy atom. The minimum atomic E-state index is -3.74. The SMILES string of the molecule is CNS(=O)(=O)c1ccc(Cl)c(C(=O)OCc2nc3ccccc3c(=O)[nH]2)c1. The number of esters is 1. The van der Waals surface area contributed by atoms with Crippen LogP contribution in [0, 0.1) is 0 Å². The number of para-hydroxylation sites is 1. The summed E-state index contributed by atoms with van der Waals surface area (Å²) in [6.07, 6.45) is 0. The zero-order chi connectivity index (χ0) is 19.6. The van der Waals surface area contributed by atoms with E-state index in [0.717, 1.165) is 6.07 Å². The van der Waals surface area contributed by atoms with Crippen LogP contribution in [0.15, 0.2) is 52.2 Å². The fourth-order valence-electron chi connectivity index (χ4n) is 2.36. The van der Waals surface area contributed by atoms with Gasteiger partial charge in [-0.3, -0.25) is 4.79 Å². The third kappa shape index (κ3) is 4.00. The lowest BCUT2D eigenvalue weighted by molar-refractivity contribution is 0.0462. The molecule has 0 amide bonds. The second kappa shape index (κ2) is 7.47. The number of nitrogens with zero attached hydrogens (tertiary/aromatic N) is 1. The van der Waals surface area contributed by atoms with Crippen molar-refractivity contribution in [3.05, 3.63) is 69.2 Å². The molecule has 0 saturated carbocycles. The van der Waals surface area contributed by atoms with Gasteiger partial charge in [-0.2, -0.15) is 0 Å². The van der Waals surface area contributed by atoms with E-state index in [1.807, 2.05) is 0 Å². The lowest BCUT2D eigenvalue weighted by Gasteiger charge is -2.09. The molecule has 140 valence electrons. The highest BCUT2D eigenvalue weighted by Gasteiger charge is 2.19. The first-order valence-electron chi connectivity index (χ1n) is 7.70. The van der Waals surface area contributed by atoms with Crippen molar-refractivity contribution < 1.29 is 17.9 Å². The molecule has 0 spiro atoms. The summed E-state index contributed by atoms with van der Waals surface area (Å²) in [5.41, 5.74) is -0.00429. The van der Waals surface area contributed by atoms with Crippen LogP contribution in [-0.4, -0.2) is 31.4 Å². The molecule has 2 N–H and O–H groups in total. The number of halogens is 1. The summed E-state index contributed by atoms with van der Waals surface area (Å²) < 4.78 is 31.0. The molecular formula is C17H14ClN3O5S. The van der Waals surface area contributed by atoms with E-state index in [4.69, 9.17) is 16.3 Å². The predicted molar refractivity (Wildman–Crippen MR) is 99.2 cm³/mol. The van der Waals surface area contributed by atoms with Gasteiger partial charge in [0.25, 0.3) is 5.56 Å². The molecule has 3 aromatic rings. The Hall–Kier alpha value is -2.75. The van der Waals surface area contributed by atoms with Crippen molar-refractivity contribution in [2.24, 2.45) is 0 Å². The molecule has 0 saturated heterocycles. The van der Waals surface area contributed by atoms with Gasteiger partial charge in [-0.05, 0) is 37.4 Å². The molecule has 0 atom stereocenters. The van der Waals surface area contributed by atoms with Gasteiger partial charge in [-0.25, -0.2) is 22.9 Å². The van der Waals surface area contributed by atoms with Crippen molar-refractivity contribution in [1.29, 1.82) is 0 Å².